The molecule has 35 heavy (non-hydrogen) atoms. The summed E-state index contributed by atoms with van der Waals surface area (Å²) in [6, 6.07) is 4.22. The second-order valence-electron chi connectivity index (χ2n) is 8.05. The summed E-state index contributed by atoms with van der Waals surface area (Å²) < 4.78 is 6.59. The van der Waals surface area contributed by atoms with Gasteiger partial charge in [0.05, 0.1) is 24.0 Å². The summed E-state index contributed by atoms with van der Waals surface area (Å²) in [4.78, 5) is 59.6. The quantitative estimate of drug-likeness (QED) is 0.333. The van der Waals surface area contributed by atoms with E-state index in [2.05, 4.69) is 10.3 Å². The molecule has 0 saturated carbocycles. The molecule has 0 aliphatic carbocycles. The number of aromatic nitrogens is 2. The number of methoxy groups -OCH3 is 1. The van der Waals surface area contributed by atoms with E-state index in [0.717, 1.165) is 24.6 Å². The van der Waals surface area contributed by atoms with Crippen LogP contribution in [0.4, 0.5) is 5.82 Å². The fraction of sp³-hybridized carbons (Fsp3) is 0.391. The Balaban J connectivity index is 1.85. The molecule has 1 atom stereocenters. The van der Waals surface area contributed by atoms with Gasteiger partial charge in [-0.1, -0.05) is 43.4 Å². The number of esters is 1. The van der Waals surface area contributed by atoms with Crippen LogP contribution in [0.1, 0.15) is 31.7 Å². The summed E-state index contributed by atoms with van der Waals surface area (Å²) >= 11 is 6.53. The fourth-order valence-electron chi connectivity index (χ4n) is 3.99. The molecule has 4 heterocycles. The number of pyridine rings is 1. The van der Waals surface area contributed by atoms with Crippen LogP contribution in [0.25, 0.3) is 11.7 Å². The number of ether oxygens (including phenoxy) is 1. The third-order valence-corrected chi connectivity index (χ3v) is 7.20. The van der Waals surface area contributed by atoms with Crippen LogP contribution in [0.3, 0.4) is 0 Å². The average molecular weight is 516 g/mol. The Morgan fingerprint density at radius 3 is 2.89 bits per heavy atom. The van der Waals surface area contributed by atoms with Gasteiger partial charge in [0.2, 0.25) is 5.91 Å². The maximum Gasteiger partial charge on any atom is 0.308 e. The van der Waals surface area contributed by atoms with E-state index in [1.807, 2.05) is 6.92 Å². The fourth-order valence-corrected chi connectivity index (χ4v) is 5.28. The molecule has 2 amide bonds. The van der Waals surface area contributed by atoms with Crippen molar-refractivity contribution in [2.75, 3.05) is 31.6 Å². The zero-order valence-electron chi connectivity index (χ0n) is 19.4. The summed E-state index contributed by atoms with van der Waals surface area (Å²) in [6.07, 6.45) is 4.60. The largest absolute Gasteiger partial charge is 0.469 e. The lowest BCUT2D eigenvalue weighted by Gasteiger charge is -2.36. The molecular weight excluding hydrogens is 490 g/mol. The van der Waals surface area contributed by atoms with Crippen molar-refractivity contribution in [1.82, 2.24) is 19.6 Å². The van der Waals surface area contributed by atoms with E-state index in [9.17, 15) is 19.2 Å². The van der Waals surface area contributed by atoms with Crippen molar-refractivity contribution in [1.29, 1.82) is 0 Å². The van der Waals surface area contributed by atoms with Crippen molar-refractivity contribution in [3.63, 3.8) is 0 Å². The van der Waals surface area contributed by atoms with Crippen molar-refractivity contribution in [3.05, 3.63) is 45.2 Å². The molecule has 0 bridgehead atoms. The van der Waals surface area contributed by atoms with Gasteiger partial charge in [0, 0.05) is 25.8 Å². The Kier molecular flexibility index (Phi) is 7.51. The molecule has 2 aromatic rings. The number of hydrogen-bond acceptors (Lipinski definition) is 9. The van der Waals surface area contributed by atoms with Gasteiger partial charge in [0.15, 0.2) is 0 Å². The van der Waals surface area contributed by atoms with Crippen LogP contribution in [0.15, 0.2) is 34.1 Å². The van der Waals surface area contributed by atoms with Crippen molar-refractivity contribution >= 4 is 63.6 Å². The Morgan fingerprint density at radius 1 is 1.34 bits per heavy atom. The molecule has 184 valence electrons. The molecule has 4 rings (SSSR count). The van der Waals surface area contributed by atoms with E-state index in [4.69, 9.17) is 17.0 Å². The zero-order chi connectivity index (χ0) is 25.1. The number of piperazine rings is 1. The minimum Gasteiger partial charge on any atom is -0.469 e. The number of fused-ring (bicyclic) bond motifs is 1. The van der Waals surface area contributed by atoms with Gasteiger partial charge in [-0.15, -0.1) is 0 Å². The first-order chi connectivity index (χ1) is 16.8. The maximum atomic E-state index is 13.6. The van der Waals surface area contributed by atoms with Crippen LogP contribution >= 0.6 is 24.0 Å². The predicted molar refractivity (Wildman–Crippen MR) is 137 cm³/mol. The number of thioether (sulfide) groups is 1. The van der Waals surface area contributed by atoms with Crippen LogP contribution in [0, 0.1) is 0 Å². The van der Waals surface area contributed by atoms with E-state index >= 15 is 0 Å². The van der Waals surface area contributed by atoms with Crippen molar-refractivity contribution in [2.45, 2.75) is 32.2 Å². The number of carbonyl (C=O) groups excluding carboxylic acids is 3. The average Bonchev–Trinajstić information content (AvgIpc) is 3.12. The zero-order valence-corrected chi connectivity index (χ0v) is 21.0. The minimum atomic E-state index is -0.916. The topological polar surface area (TPSA) is 113 Å². The highest BCUT2D eigenvalue weighted by Crippen LogP contribution is 2.34. The molecule has 2 aliphatic rings. The van der Waals surface area contributed by atoms with Gasteiger partial charge in [-0.3, -0.25) is 28.5 Å². The van der Waals surface area contributed by atoms with Gasteiger partial charge in [0.1, 0.15) is 21.8 Å². The summed E-state index contributed by atoms with van der Waals surface area (Å²) in [5.41, 5.74) is 0.129. The van der Waals surface area contributed by atoms with Crippen molar-refractivity contribution < 1.29 is 19.1 Å². The number of unbranched alkanes of at least 4 members (excludes halogenated alkanes) is 1. The number of hydrogen-bond donors (Lipinski definition) is 1. The van der Waals surface area contributed by atoms with E-state index < -0.39 is 17.6 Å². The molecule has 10 nitrogen and oxygen atoms in total. The van der Waals surface area contributed by atoms with Gasteiger partial charge >= 0.3 is 5.97 Å². The van der Waals surface area contributed by atoms with Gasteiger partial charge in [0.25, 0.3) is 11.5 Å². The Labute approximate surface area is 211 Å². The third-order valence-electron chi connectivity index (χ3n) is 5.82. The first-order valence-corrected chi connectivity index (χ1v) is 12.5. The lowest BCUT2D eigenvalue weighted by molar-refractivity contribution is -0.143. The normalized spacial score (nSPS) is 19.5. The van der Waals surface area contributed by atoms with E-state index in [-0.39, 0.29) is 29.6 Å². The number of amides is 2. The first-order valence-electron chi connectivity index (χ1n) is 11.2. The van der Waals surface area contributed by atoms with E-state index in [1.54, 1.807) is 29.3 Å². The second kappa shape index (κ2) is 10.6. The predicted octanol–water partition coefficient (Wildman–Crippen LogP) is 1.56. The molecule has 1 N–H and O–H groups in total. The van der Waals surface area contributed by atoms with E-state index in [0.29, 0.717) is 34.5 Å². The summed E-state index contributed by atoms with van der Waals surface area (Å²) in [7, 11) is 1.25. The Morgan fingerprint density at radius 2 is 2.14 bits per heavy atom. The number of carbonyl (C=O) groups is 3. The third kappa shape index (κ3) is 4.94. The molecular formula is C23H25N5O5S2. The van der Waals surface area contributed by atoms with Gasteiger partial charge < -0.3 is 15.0 Å². The Hall–Kier alpha value is -3.25. The van der Waals surface area contributed by atoms with Crippen LogP contribution in [0.2, 0.25) is 0 Å². The number of nitrogens with one attached hydrogen (secondary N) is 1. The number of thiocarbonyl (C=S) groups is 1. The molecule has 2 aliphatic heterocycles. The van der Waals surface area contributed by atoms with Gasteiger partial charge in [-0.25, -0.2) is 4.98 Å². The molecule has 0 spiro atoms. The first kappa shape index (κ1) is 24.9. The van der Waals surface area contributed by atoms with Gasteiger partial charge in [-0.05, 0) is 24.6 Å². The van der Waals surface area contributed by atoms with Crippen LogP contribution < -0.4 is 15.8 Å². The number of rotatable bonds is 7. The monoisotopic (exact) mass is 515 g/mol. The van der Waals surface area contributed by atoms with Crippen molar-refractivity contribution in [3.8, 4) is 0 Å². The van der Waals surface area contributed by atoms with Crippen LogP contribution in [0.5, 0.6) is 0 Å². The van der Waals surface area contributed by atoms with E-state index in [1.165, 1.54) is 22.5 Å². The summed E-state index contributed by atoms with van der Waals surface area (Å²) in [6.45, 7) is 3.17. The second-order valence-corrected chi connectivity index (χ2v) is 9.73. The summed E-state index contributed by atoms with van der Waals surface area (Å²) in [5.74, 6) is -0.968. The summed E-state index contributed by atoms with van der Waals surface area (Å²) in [5, 5.41) is 2.75. The number of anilines is 1. The molecule has 0 aromatic carbocycles. The highest BCUT2D eigenvalue weighted by atomic mass is 32.2. The SMILES string of the molecule is CCCCN1C(=O)/C(=C/c2c(N3CCNC(=O)C3CC(=O)OC)nc3ccccn3c2=O)SC1=S. The number of nitrogens with zero attached hydrogens (tertiary/aromatic N) is 4. The lowest BCUT2D eigenvalue weighted by atomic mass is 10.1. The van der Waals surface area contributed by atoms with Crippen LogP contribution in [-0.2, 0) is 19.1 Å². The smallest absolute Gasteiger partial charge is 0.308 e. The minimum absolute atomic E-state index is 0.147. The standard InChI is InChI=1S/C23H25N5O5S2/c1-3-4-9-28-22(32)16(35-23(28)34)12-14-19(25-17-7-5-6-10-27(17)21(14)31)26-11-8-24-20(30)15(26)13-18(29)33-2/h5-7,10,12,15H,3-4,8-9,11,13H2,1-2H3,(H,24,30)/b16-12-. The molecule has 2 aromatic heterocycles. The van der Waals surface area contributed by atoms with Crippen molar-refractivity contribution in [2.24, 2.45) is 0 Å². The molecule has 0 radical (unpaired) electrons. The highest BCUT2D eigenvalue weighted by molar-refractivity contribution is 8.26. The Bertz CT molecular complexity index is 1290. The lowest BCUT2D eigenvalue weighted by Crippen LogP contribution is -2.57. The molecule has 2 fully saturated rings. The molecule has 1 unspecified atom stereocenters. The maximum absolute atomic E-state index is 13.6. The van der Waals surface area contributed by atoms with Crippen LogP contribution in [-0.4, -0.2) is 69.2 Å². The molecule has 12 heteroatoms. The van der Waals surface area contributed by atoms with Gasteiger partial charge in [-0.2, -0.15) is 0 Å². The highest BCUT2D eigenvalue weighted by Gasteiger charge is 2.36. The molecule has 2 saturated heterocycles.